The fraction of sp³-hybridized carbons (Fsp3) is 0.0476. The third-order valence-corrected chi connectivity index (χ3v) is 4.85. The van der Waals surface area contributed by atoms with Gasteiger partial charge in [0.25, 0.3) is 0 Å². The van der Waals surface area contributed by atoms with Crippen molar-refractivity contribution in [1.29, 1.82) is 10.5 Å². The number of aromatic nitrogens is 1. The third kappa shape index (κ3) is 3.86. The Kier molecular flexibility index (Phi) is 5.19. The van der Waals surface area contributed by atoms with Gasteiger partial charge in [-0.3, -0.25) is 5.32 Å². The van der Waals surface area contributed by atoms with Crippen molar-refractivity contribution < 1.29 is 4.74 Å². The summed E-state index contributed by atoms with van der Waals surface area (Å²) in [6, 6.07) is 15.6. The van der Waals surface area contributed by atoms with E-state index >= 15 is 0 Å². The molecule has 0 aliphatic carbocycles. The van der Waals surface area contributed by atoms with E-state index in [0.29, 0.717) is 27.9 Å². The number of hydrogen-bond donors (Lipinski definition) is 4. The minimum Gasteiger partial charge on any atom is -0.457 e. The molecule has 9 nitrogen and oxygen atoms in total. The molecule has 6 N–H and O–H groups in total. The first kappa shape index (κ1) is 19.8. The van der Waals surface area contributed by atoms with Crippen LogP contribution in [0.4, 0.5) is 17.3 Å². The second-order valence-electron chi connectivity index (χ2n) is 6.53. The molecule has 0 saturated carbocycles. The van der Waals surface area contributed by atoms with Gasteiger partial charge in [0, 0.05) is 10.6 Å². The third-order valence-electron chi connectivity index (χ3n) is 4.60. The van der Waals surface area contributed by atoms with Crippen LogP contribution in [0.2, 0.25) is 5.02 Å². The van der Waals surface area contributed by atoms with E-state index in [1.165, 1.54) is 0 Å². The van der Waals surface area contributed by atoms with Crippen molar-refractivity contribution in [2.75, 3.05) is 16.8 Å². The second kappa shape index (κ2) is 8.11. The molecule has 1 unspecified atom stereocenters. The molecular weight excluding hydrogens is 416 g/mol. The van der Waals surface area contributed by atoms with Crippen LogP contribution in [-0.4, -0.2) is 10.9 Å². The van der Waals surface area contributed by atoms with Gasteiger partial charge in [-0.25, -0.2) is 9.98 Å². The van der Waals surface area contributed by atoms with Crippen molar-refractivity contribution in [3.63, 3.8) is 0 Å². The lowest BCUT2D eigenvalue weighted by atomic mass is 9.95. The number of anilines is 3. The van der Waals surface area contributed by atoms with Crippen molar-refractivity contribution in [1.82, 2.24) is 10.3 Å². The maximum atomic E-state index is 9.40. The fourth-order valence-electron chi connectivity index (χ4n) is 3.18. The Labute approximate surface area is 182 Å². The number of guanidine groups is 1. The summed E-state index contributed by atoms with van der Waals surface area (Å²) in [7, 11) is 0. The van der Waals surface area contributed by atoms with Gasteiger partial charge in [0.2, 0.25) is 5.96 Å². The fourth-order valence-corrected chi connectivity index (χ4v) is 3.30. The van der Waals surface area contributed by atoms with E-state index in [0.717, 1.165) is 5.56 Å². The second-order valence-corrected chi connectivity index (χ2v) is 6.96. The molecule has 152 valence electrons. The zero-order chi connectivity index (χ0) is 22.0. The normalized spacial score (nSPS) is 14.3. The lowest BCUT2D eigenvalue weighted by Gasteiger charge is -2.26. The molecule has 2 heterocycles. The predicted octanol–water partition coefficient (Wildman–Crippen LogP) is 3.50. The lowest BCUT2D eigenvalue weighted by Crippen LogP contribution is -2.32. The molecule has 0 bridgehead atoms. The quantitative estimate of drug-likeness (QED) is 0.363. The number of hydrogen-bond acceptors (Lipinski definition) is 9. The number of benzene rings is 2. The Morgan fingerprint density at radius 2 is 1.68 bits per heavy atom. The maximum absolute atomic E-state index is 9.40. The van der Waals surface area contributed by atoms with Crippen LogP contribution in [0.1, 0.15) is 22.7 Å². The molecule has 1 aromatic heterocycles. The number of halogens is 1. The minimum absolute atomic E-state index is 0.00470. The number of nitrogens with two attached hydrogens (primary N) is 2. The van der Waals surface area contributed by atoms with Gasteiger partial charge in [-0.05, 0) is 42.0 Å². The van der Waals surface area contributed by atoms with E-state index in [4.69, 9.17) is 33.1 Å². The van der Waals surface area contributed by atoms with Gasteiger partial charge in [-0.15, -0.1) is 0 Å². The van der Waals surface area contributed by atoms with Gasteiger partial charge in [-0.2, -0.15) is 10.5 Å². The first-order valence-electron chi connectivity index (χ1n) is 9.02. The molecule has 10 heteroatoms. The number of nitrogens with zero attached hydrogens (tertiary/aromatic N) is 4. The summed E-state index contributed by atoms with van der Waals surface area (Å²) in [5.41, 5.74) is 13.6. The average molecular weight is 431 g/mol. The summed E-state index contributed by atoms with van der Waals surface area (Å²) in [6.07, 6.45) is 1.82. The van der Waals surface area contributed by atoms with Crippen LogP contribution in [0.5, 0.6) is 11.5 Å². The number of pyridine rings is 1. The Morgan fingerprint density at radius 3 is 2.29 bits per heavy atom. The monoisotopic (exact) mass is 430 g/mol. The number of rotatable bonds is 3. The largest absolute Gasteiger partial charge is 0.457 e. The molecule has 0 radical (unpaired) electrons. The van der Waals surface area contributed by atoms with Crippen LogP contribution in [-0.2, 0) is 0 Å². The molecule has 0 spiro atoms. The Balaban J connectivity index is 1.72. The van der Waals surface area contributed by atoms with Crippen molar-refractivity contribution >= 4 is 34.9 Å². The van der Waals surface area contributed by atoms with Gasteiger partial charge in [-0.1, -0.05) is 23.7 Å². The van der Waals surface area contributed by atoms with E-state index in [9.17, 15) is 5.26 Å². The van der Waals surface area contributed by atoms with E-state index in [1.807, 2.05) is 24.4 Å². The molecule has 2 aromatic carbocycles. The number of aliphatic imine (C=N–C) groups is 1. The average Bonchev–Trinajstić information content (AvgIpc) is 2.76. The number of fused-ring (bicyclic) bond motifs is 1. The Hall–Kier alpha value is -4.47. The van der Waals surface area contributed by atoms with Crippen molar-refractivity contribution in [3.05, 3.63) is 70.2 Å². The standard InChI is InChI=1S/C21H15ClN8O/c22-12-3-7-14(8-4-12)31-13-5-1-11(2-6-13)18-16-17(25)15(9-23)19(26)29-20(16)30-21(28-18)27-10-24/h1-8,18H,(H6,25,26,27,28,29,30). The summed E-state index contributed by atoms with van der Waals surface area (Å²) in [5.74, 6) is 1.77. The summed E-state index contributed by atoms with van der Waals surface area (Å²) < 4.78 is 5.82. The van der Waals surface area contributed by atoms with Crippen LogP contribution >= 0.6 is 11.6 Å². The topological polar surface area (TPSA) is 158 Å². The summed E-state index contributed by atoms with van der Waals surface area (Å²) in [6.45, 7) is 0. The summed E-state index contributed by atoms with van der Waals surface area (Å²) in [4.78, 5) is 8.75. The zero-order valence-electron chi connectivity index (χ0n) is 15.9. The number of ether oxygens (including phenoxy) is 1. The summed E-state index contributed by atoms with van der Waals surface area (Å²) in [5, 5.41) is 24.4. The zero-order valence-corrected chi connectivity index (χ0v) is 16.7. The maximum Gasteiger partial charge on any atom is 0.211 e. The molecule has 1 aliphatic heterocycles. The van der Waals surface area contributed by atoms with Crippen LogP contribution in [0, 0.1) is 22.8 Å². The summed E-state index contributed by atoms with van der Waals surface area (Å²) >= 11 is 5.90. The molecule has 3 aromatic rings. The molecule has 0 saturated heterocycles. The number of nitriles is 2. The van der Waals surface area contributed by atoms with Crippen LogP contribution < -0.4 is 26.8 Å². The molecule has 1 atom stereocenters. The van der Waals surface area contributed by atoms with Gasteiger partial charge >= 0.3 is 0 Å². The highest BCUT2D eigenvalue weighted by Gasteiger charge is 2.29. The first-order valence-corrected chi connectivity index (χ1v) is 9.40. The first-order chi connectivity index (χ1) is 15.0. The van der Waals surface area contributed by atoms with Crippen LogP contribution in [0.25, 0.3) is 0 Å². The Morgan fingerprint density at radius 1 is 1.03 bits per heavy atom. The van der Waals surface area contributed by atoms with Gasteiger partial charge in [0.05, 0.1) is 5.69 Å². The van der Waals surface area contributed by atoms with E-state index in [2.05, 4.69) is 20.6 Å². The smallest absolute Gasteiger partial charge is 0.211 e. The van der Waals surface area contributed by atoms with Crippen molar-refractivity contribution in [2.24, 2.45) is 4.99 Å². The highest BCUT2D eigenvalue weighted by molar-refractivity contribution is 6.30. The molecular formula is C21H15ClN8O. The minimum atomic E-state index is -0.614. The van der Waals surface area contributed by atoms with E-state index in [1.54, 1.807) is 36.4 Å². The van der Waals surface area contributed by atoms with Crippen molar-refractivity contribution in [3.8, 4) is 23.8 Å². The Bertz CT molecular complexity index is 1260. The van der Waals surface area contributed by atoms with Crippen LogP contribution in [0.3, 0.4) is 0 Å². The van der Waals surface area contributed by atoms with E-state index < -0.39 is 6.04 Å². The van der Waals surface area contributed by atoms with Gasteiger partial charge < -0.3 is 21.5 Å². The highest BCUT2D eigenvalue weighted by atomic mass is 35.5. The molecule has 0 amide bonds. The van der Waals surface area contributed by atoms with Crippen LogP contribution in [0.15, 0.2) is 53.5 Å². The van der Waals surface area contributed by atoms with Gasteiger partial charge in [0.15, 0.2) is 6.19 Å². The lowest BCUT2D eigenvalue weighted by molar-refractivity contribution is 0.482. The predicted molar refractivity (Wildman–Crippen MR) is 117 cm³/mol. The highest BCUT2D eigenvalue weighted by Crippen LogP contribution is 2.40. The SMILES string of the molecule is N#CNC1=NC(c2ccc(Oc3ccc(Cl)cc3)cc2)c2c(nc(N)c(C#N)c2N)N1. The molecule has 1 aliphatic rings. The number of nitrogen functional groups attached to an aromatic ring is 2. The van der Waals surface area contributed by atoms with Gasteiger partial charge in [0.1, 0.15) is 40.8 Å². The number of nitrogens with one attached hydrogen (secondary N) is 2. The van der Waals surface area contributed by atoms with Crippen molar-refractivity contribution in [2.45, 2.75) is 6.04 Å². The molecule has 31 heavy (non-hydrogen) atoms. The van der Waals surface area contributed by atoms with E-state index in [-0.39, 0.29) is 23.0 Å². The molecule has 0 fully saturated rings. The molecule has 4 rings (SSSR count).